The molecular formula is C23H23F3N4OS. The molecule has 1 fully saturated rings. The number of fused-ring (bicyclic) bond motifs is 1. The number of pyridine rings is 2. The monoisotopic (exact) mass is 460 g/mol. The van der Waals surface area contributed by atoms with Crippen molar-refractivity contribution in [3.8, 4) is 0 Å². The van der Waals surface area contributed by atoms with Gasteiger partial charge < -0.3 is 10.6 Å². The smallest absolute Gasteiger partial charge is 0.334 e. The van der Waals surface area contributed by atoms with E-state index in [4.69, 9.17) is 0 Å². The van der Waals surface area contributed by atoms with Crippen LogP contribution in [0.2, 0.25) is 0 Å². The molecule has 168 valence electrons. The second-order valence-electron chi connectivity index (χ2n) is 7.75. The van der Waals surface area contributed by atoms with Gasteiger partial charge in [-0.05, 0) is 37.1 Å². The first-order valence-corrected chi connectivity index (χ1v) is 11.4. The number of nitrogens with one attached hydrogen (secondary N) is 2. The second-order valence-corrected chi connectivity index (χ2v) is 9.04. The number of thioether (sulfide) groups is 1. The molecule has 9 heteroatoms. The fraction of sp³-hybridized carbons (Fsp3) is 0.348. The van der Waals surface area contributed by atoms with E-state index in [0.29, 0.717) is 16.3 Å². The molecule has 4 rings (SSSR count). The molecule has 1 saturated carbocycles. The molecule has 0 saturated heterocycles. The summed E-state index contributed by atoms with van der Waals surface area (Å²) < 4.78 is 39.6. The molecule has 1 aromatic carbocycles. The lowest BCUT2D eigenvalue weighted by Gasteiger charge is -2.22. The molecule has 0 bridgehead atoms. The van der Waals surface area contributed by atoms with Crippen molar-refractivity contribution in [3.63, 3.8) is 0 Å². The summed E-state index contributed by atoms with van der Waals surface area (Å²) in [5.41, 5.74) is 0.996. The normalized spacial score (nSPS) is 15.0. The zero-order valence-electron chi connectivity index (χ0n) is 17.3. The average molecular weight is 461 g/mol. The predicted molar refractivity (Wildman–Crippen MR) is 120 cm³/mol. The number of anilines is 1. The molecule has 0 radical (unpaired) electrons. The highest BCUT2D eigenvalue weighted by atomic mass is 32.2. The van der Waals surface area contributed by atoms with Crippen LogP contribution in [0.25, 0.3) is 10.9 Å². The number of carbonyl (C=O) groups excluding carboxylic acids is 1. The summed E-state index contributed by atoms with van der Waals surface area (Å²) in [7, 11) is 0. The van der Waals surface area contributed by atoms with E-state index < -0.39 is 17.9 Å². The Balaban J connectivity index is 1.45. The maximum Gasteiger partial charge on any atom is 0.433 e. The van der Waals surface area contributed by atoms with Gasteiger partial charge in [0.1, 0.15) is 10.7 Å². The number of amides is 2. The van der Waals surface area contributed by atoms with Crippen molar-refractivity contribution in [2.45, 2.75) is 55.1 Å². The van der Waals surface area contributed by atoms with Crippen molar-refractivity contribution in [1.82, 2.24) is 15.3 Å². The number of halogens is 3. The first kappa shape index (κ1) is 22.4. The third-order valence-corrected chi connectivity index (χ3v) is 6.74. The lowest BCUT2D eigenvalue weighted by atomic mass is 10.0. The van der Waals surface area contributed by atoms with Crippen molar-refractivity contribution in [3.05, 3.63) is 59.9 Å². The largest absolute Gasteiger partial charge is 0.433 e. The van der Waals surface area contributed by atoms with Gasteiger partial charge >= 0.3 is 12.2 Å². The van der Waals surface area contributed by atoms with E-state index in [-0.39, 0.29) is 11.8 Å². The molecule has 1 aliphatic carbocycles. The molecular weight excluding hydrogens is 437 g/mol. The Labute approximate surface area is 188 Å². The fourth-order valence-corrected chi connectivity index (χ4v) is 5.03. The zero-order chi connectivity index (χ0) is 22.6. The molecule has 1 aliphatic rings. The third kappa shape index (κ3) is 5.70. The fourth-order valence-electron chi connectivity index (χ4n) is 3.70. The van der Waals surface area contributed by atoms with Gasteiger partial charge in [-0.15, -0.1) is 11.8 Å². The van der Waals surface area contributed by atoms with Crippen molar-refractivity contribution in [2.75, 3.05) is 5.32 Å². The van der Waals surface area contributed by atoms with Gasteiger partial charge in [-0.2, -0.15) is 13.2 Å². The Hall–Kier alpha value is -2.81. The molecule has 0 unspecified atom stereocenters. The van der Waals surface area contributed by atoms with Gasteiger partial charge in [0.2, 0.25) is 0 Å². The van der Waals surface area contributed by atoms with Crippen molar-refractivity contribution in [1.29, 1.82) is 0 Å². The van der Waals surface area contributed by atoms with E-state index in [0.717, 1.165) is 49.1 Å². The number of aromatic nitrogens is 2. The van der Waals surface area contributed by atoms with Crippen LogP contribution in [0.5, 0.6) is 0 Å². The molecule has 2 heterocycles. The molecule has 2 aromatic heterocycles. The minimum absolute atomic E-state index is 0.0812. The minimum atomic E-state index is -4.50. The predicted octanol–water partition coefficient (Wildman–Crippen LogP) is 6.40. The first-order chi connectivity index (χ1) is 15.4. The van der Waals surface area contributed by atoms with E-state index in [9.17, 15) is 18.0 Å². The summed E-state index contributed by atoms with van der Waals surface area (Å²) in [6.45, 7) is 0.0812. The van der Waals surface area contributed by atoms with Crippen LogP contribution in [-0.4, -0.2) is 21.2 Å². The van der Waals surface area contributed by atoms with Gasteiger partial charge in [-0.25, -0.2) is 9.78 Å². The highest BCUT2D eigenvalue weighted by Crippen LogP contribution is 2.36. The molecule has 0 spiro atoms. The van der Waals surface area contributed by atoms with Gasteiger partial charge in [0.15, 0.2) is 0 Å². The maximum atomic E-state index is 13.2. The number of hydrogen-bond acceptors (Lipinski definition) is 4. The van der Waals surface area contributed by atoms with Gasteiger partial charge in [-0.1, -0.05) is 37.5 Å². The number of alkyl halides is 3. The molecule has 0 atom stereocenters. The minimum Gasteiger partial charge on any atom is -0.334 e. The quantitative estimate of drug-likeness (QED) is 0.463. The topological polar surface area (TPSA) is 66.9 Å². The lowest BCUT2D eigenvalue weighted by Crippen LogP contribution is -2.28. The summed E-state index contributed by atoms with van der Waals surface area (Å²) >= 11 is 1.39. The van der Waals surface area contributed by atoms with Crippen LogP contribution in [0.3, 0.4) is 0 Å². The van der Waals surface area contributed by atoms with E-state index in [1.54, 1.807) is 18.3 Å². The van der Waals surface area contributed by atoms with Crippen molar-refractivity contribution < 1.29 is 18.0 Å². The van der Waals surface area contributed by atoms with E-state index in [1.165, 1.54) is 17.8 Å². The SMILES string of the molecule is O=C(NCc1ccc(C(F)(F)F)nc1SC1CCCCC1)Nc1ccc2cccnc2c1. The van der Waals surface area contributed by atoms with Gasteiger partial charge in [0.05, 0.1) is 5.52 Å². The van der Waals surface area contributed by atoms with Crippen LogP contribution in [0.15, 0.2) is 53.7 Å². The summed E-state index contributed by atoms with van der Waals surface area (Å²) in [4.78, 5) is 20.6. The standard InChI is InChI=1S/C23H23F3N4OS/c24-23(25,26)20-11-9-16(21(30-20)32-18-6-2-1-3-7-18)14-28-22(31)29-17-10-8-15-5-4-12-27-19(15)13-17/h4-5,8-13,18H,1-3,6-7,14H2,(H2,28,29,31). The molecule has 2 N–H and O–H groups in total. The van der Waals surface area contributed by atoms with Gasteiger partial charge in [0, 0.05) is 34.6 Å². The maximum absolute atomic E-state index is 13.2. The second kappa shape index (κ2) is 9.77. The molecule has 32 heavy (non-hydrogen) atoms. The van der Waals surface area contributed by atoms with Crippen molar-refractivity contribution >= 4 is 34.4 Å². The summed E-state index contributed by atoms with van der Waals surface area (Å²) in [6, 6.07) is 11.1. The highest BCUT2D eigenvalue weighted by Gasteiger charge is 2.33. The van der Waals surface area contributed by atoms with Crippen LogP contribution in [0, 0.1) is 0 Å². The average Bonchev–Trinajstić information content (AvgIpc) is 2.78. The number of carbonyl (C=O) groups is 1. The number of rotatable bonds is 5. The summed E-state index contributed by atoms with van der Waals surface area (Å²) in [5, 5.41) is 7.01. The Morgan fingerprint density at radius 1 is 1.09 bits per heavy atom. The summed E-state index contributed by atoms with van der Waals surface area (Å²) in [5.74, 6) is 0. The highest BCUT2D eigenvalue weighted by molar-refractivity contribution is 7.99. The van der Waals surface area contributed by atoms with Crippen LogP contribution in [0.4, 0.5) is 23.7 Å². The van der Waals surface area contributed by atoms with Crippen molar-refractivity contribution in [2.24, 2.45) is 0 Å². The third-order valence-electron chi connectivity index (χ3n) is 5.36. The zero-order valence-corrected chi connectivity index (χ0v) is 18.1. The van der Waals surface area contributed by atoms with E-state index in [1.807, 2.05) is 18.2 Å². The van der Waals surface area contributed by atoms with Crippen LogP contribution >= 0.6 is 11.8 Å². The Morgan fingerprint density at radius 3 is 2.69 bits per heavy atom. The van der Waals surface area contributed by atoms with Crippen LogP contribution in [0.1, 0.15) is 43.4 Å². The van der Waals surface area contributed by atoms with Gasteiger partial charge in [-0.3, -0.25) is 4.98 Å². The molecule has 3 aromatic rings. The number of urea groups is 1. The number of benzene rings is 1. The summed E-state index contributed by atoms with van der Waals surface area (Å²) in [6.07, 6.45) is 2.41. The molecule has 2 amide bonds. The first-order valence-electron chi connectivity index (χ1n) is 10.5. The molecule has 5 nitrogen and oxygen atoms in total. The lowest BCUT2D eigenvalue weighted by molar-refractivity contribution is -0.141. The Bertz CT molecular complexity index is 1100. The van der Waals surface area contributed by atoms with Gasteiger partial charge in [0.25, 0.3) is 0 Å². The number of nitrogens with zero attached hydrogens (tertiary/aromatic N) is 2. The van der Waals surface area contributed by atoms with E-state index >= 15 is 0 Å². The molecule has 0 aliphatic heterocycles. The van der Waals surface area contributed by atoms with Crippen LogP contribution in [-0.2, 0) is 12.7 Å². The number of hydrogen-bond donors (Lipinski definition) is 2. The van der Waals surface area contributed by atoms with Crippen LogP contribution < -0.4 is 10.6 Å². The Kier molecular flexibility index (Phi) is 6.83. The Morgan fingerprint density at radius 2 is 1.91 bits per heavy atom. The van der Waals surface area contributed by atoms with E-state index in [2.05, 4.69) is 20.6 Å².